The first kappa shape index (κ1) is 21.6. The molecule has 1 aromatic rings. The highest BCUT2D eigenvalue weighted by Gasteiger charge is 2.56. The van der Waals surface area contributed by atoms with Crippen LogP contribution in [0, 0.1) is 23.2 Å². The monoisotopic (exact) mass is 423 g/mol. The molecule has 3 aliphatic carbocycles. The van der Waals surface area contributed by atoms with Gasteiger partial charge in [-0.1, -0.05) is 39.3 Å². The van der Waals surface area contributed by atoms with E-state index in [0.717, 1.165) is 11.1 Å². The second-order valence-corrected chi connectivity index (χ2v) is 9.35. The number of amides is 2. The number of carbonyl (C=O) groups excluding carboxylic acids is 2. The maximum absolute atomic E-state index is 12.6. The van der Waals surface area contributed by atoms with Gasteiger partial charge in [-0.25, -0.2) is 4.68 Å². The molecule has 1 unspecified atom stereocenters. The smallest absolute Gasteiger partial charge is 0.288 e. The largest absolute Gasteiger partial charge is 0.379 e. The van der Waals surface area contributed by atoms with Crippen LogP contribution in [0.4, 0.5) is 5.69 Å². The Kier molecular flexibility index (Phi) is 5.94. The Morgan fingerprint density at radius 2 is 2.10 bits per heavy atom. The van der Waals surface area contributed by atoms with Gasteiger partial charge in [0.1, 0.15) is 17.6 Å². The van der Waals surface area contributed by atoms with Crippen LogP contribution in [0.2, 0.25) is 5.02 Å². The minimum atomic E-state index is -0.780. The number of rotatable bonds is 7. The number of carbonyl (C=O) groups is 2. The summed E-state index contributed by atoms with van der Waals surface area (Å²) in [6.45, 7) is 8.31. The zero-order chi connectivity index (χ0) is 21.5. The van der Waals surface area contributed by atoms with E-state index in [1.165, 1.54) is 12.6 Å². The number of halogens is 1. The van der Waals surface area contributed by atoms with E-state index in [1.807, 2.05) is 0 Å². The van der Waals surface area contributed by atoms with Crippen molar-refractivity contribution in [1.29, 1.82) is 0 Å². The van der Waals surface area contributed by atoms with Gasteiger partial charge in [0.15, 0.2) is 0 Å². The van der Waals surface area contributed by atoms with Crippen molar-refractivity contribution in [2.45, 2.75) is 65.6 Å². The van der Waals surface area contributed by atoms with Gasteiger partial charge in [-0.15, -0.1) is 0 Å². The molecule has 8 nitrogen and oxygen atoms in total. The quantitative estimate of drug-likeness (QED) is 0.617. The Labute approximate surface area is 175 Å². The third kappa shape index (κ3) is 3.99. The Morgan fingerprint density at radius 3 is 2.66 bits per heavy atom. The highest BCUT2D eigenvalue weighted by atomic mass is 35.5. The number of anilines is 1. The first-order valence-corrected chi connectivity index (χ1v) is 10.5. The molecular weight excluding hydrogens is 394 g/mol. The second-order valence-electron chi connectivity index (χ2n) is 8.97. The SMILES string of the molecule is CCC(NC(=O)Cn1ncc(N[C@@H]2C[C@H]3C[C@@H]([C@H]2C)C3(C)C)c(Cl)c1=O)C(N)=O. The van der Waals surface area contributed by atoms with Crippen LogP contribution in [0.25, 0.3) is 0 Å². The standard InChI is InChI=1S/C20H30ClN5O3/c1-5-13(18(22)28)25-16(27)9-26-19(29)17(21)15(8-23-26)24-14-7-11-6-12(10(14)2)20(11,3)4/h8,10-14,24H,5-7,9H2,1-4H3,(H2,22,28)(H,25,27)/t10-,11-,12+,13?,14-/m1/s1. The molecule has 5 atom stereocenters. The van der Waals surface area contributed by atoms with Crippen LogP contribution in [-0.2, 0) is 16.1 Å². The van der Waals surface area contributed by atoms with Crippen molar-refractivity contribution in [3.63, 3.8) is 0 Å². The van der Waals surface area contributed by atoms with E-state index in [4.69, 9.17) is 17.3 Å². The molecule has 0 aromatic carbocycles. The van der Waals surface area contributed by atoms with Crippen LogP contribution in [0.1, 0.15) is 47.0 Å². The minimum absolute atomic E-state index is 0.0143. The Hall–Kier alpha value is -2.09. The predicted molar refractivity (Wildman–Crippen MR) is 111 cm³/mol. The number of primary amides is 1. The Morgan fingerprint density at radius 1 is 1.41 bits per heavy atom. The van der Waals surface area contributed by atoms with Gasteiger partial charge in [-0.05, 0) is 42.4 Å². The predicted octanol–water partition coefficient (Wildman–Crippen LogP) is 1.76. The lowest BCUT2D eigenvalue weighted by molar-refractivity contribution is -0.127. The lowest BCUT2D eigenvalue weighted by atomic mass is 9.45. The van der Waals surface area contributed by atoms with Crippen molar-refractivity contribution in [2.24, 2.45) is 28.9 Å². The zero-order valence-electron chi connectivity index (χ0n) is 17.4. The molecule has 4 rings (SSSR count). The van der Waals surface area contributed by atoms with Crippen LogP contribution in [-0.4, -0.2) is 33.7 Å². The highest BCUT2D eigenvalue weighted by molar-refractivity contribution is 6.32. The Balaban J connectivity index is 1.68. The van der Waals surface area contributed by atoms with E-state index < -0.39 is 23.4 Å². The third-order valence-corrected chi connectivity index (χ3v) is 7.43. The summed E-state index contributed by atoms with van der Waals surface area (Å²) in [5.41, 5.74) is 5.54. The van der Waals surface area contributed by atoms with E-state index in [1.54, 1.807) is 6.92 Å². The van der Waals surface area contributed by atoms with Gasteiger partial charge in [0.05, 0.1) is 11.9 Å². The lowest BCUT2D eigenvalue weighted by Gasteiger charge is -2.62. The van der Waals surface area contributed by atoms with Gasteiger partial charge < -0.3 is 16.4 Å². The first-order chi connectivity index (χ1) is 13.6. The zero-order valence-corrected chi connectivity index (χ0v) is 18.1. The molecule has 3 saturated carbocycles. The average Bonchev–Trinajstić information content (AvgIpc) is 2.66. The van der Waals surface area contributed by atoms with E-state index in [-0.39, 0.29) is 17.6 Å². The molecule has 0 spiro atoms. The van der Waals surface area contributed by atoms with E-state index in [0.29, 0.717) is 35.3 Å². The van der Waals surface area contributed by atoms with Crippen molar-refractivity contribution < 1.29 is 9.59 Å². The maximum Gasteiger partial charge on any atom is 0.288 e. The first-order valence-electron chi connectivity index (χ1n) is 10.2. The van der Waals surface area contributed by atoms with Gasteiger partial charge in [0.25, 0.3) is 5.56 Å². The molecule has 2 amide bonds. The van der Waals surface area contributed by atoms with E-state index in [9.17, 15) is 14.4 Å². The topological polar surface area (TPSA) is 119 Å². The van der Waals surface area contributed by atoms with Gasteiger partial charge in [0.2, 0.25) is 11.8 Å². The molecule has 0 saturated heterocycles. The number of nitrogens with zero attached hydrogens (tertiary/aromatic N) is 2. The Bertz CT molecular complexity index is 868. The van der Waals surface area contributed by atoms with Crippen LogP contribution in [0.3, 0.4) is 0 Å². The van der Waals surface area contributed by atoms with Gasteiger partial charge in [0, 0.05) is 6.04 Å². The number of nitrogens with one attached hydrogen (secondary N) is 2. The number of hydrogen-bond acceptors (Lipinski definition) is 5. The van der Waals surface area contributed by atoms with Crippen molar-refractivity contribution in [3.8, 4) is 0 Å². The van der Waals surface area contributed by atoms with Crippen molar-refractivity contribution in [1.82, 2.24) is 15.1 Å². The summed E-state index contributed by atoms with van der Waals surface area (Å²) >= 11 is 6.29. The molecule has 29 heavy (non-hydrogen) atoms. The van der Waals surface area contributed by atoms with E-state index in [2.05, 4.69) is 36.5 Å². The fourth-order valence-corrected chi connectivity index (χ4v) is 5.17. The van der Waals surface area contributed by atoms with Crippen LogP contribution in [0.15, 0.2) is 11.0 Å². The number of hydrogen-bond donors (Lipinski definition) is 3. The summed E-state index contributed by atoms with van der Waals surface area (Å²) in [7, 11) is 0. The molecule has 0 aliphatic heterocycles. The maximum atomic E-state index is 12.6. The summed E-state index contributed by atoms with van der Waals surface area (Å²) in [5.74, 6) is 0.658. The van der Waals surface area contributed by atoms with Crippen molar-refractivity contribution in [3.05, 3.63) is 21.6 Å². The van der Waals surface area contributed by atoms with Crippen LogP contribution >= 0.6 is 11.6 Å². The van der Waals surface area contributed by atoms with Gasteiger partial charge >= 0.3 is 0 Å². The molecule has 2 bridgehead atoms. The summed E-state index contributed by atoms with van der Waals surface area (Å²) in [5, 5.41) is 10.00. The molecule has 0 radical (unpaired) electrons. The number of fused-ring (bicyclic) bond motifs is 2. The summed E-state index contributed by atoms with van der Waals surface area (Å²) in [6, 6.07) is -0.538. The highest BCUT2D eigenvalue weighted by Crippen LogP contribution is 2.61. The van der Waals surface area contributed by atoms with Gasteiger partial charge in [-0.2, -0.15) is 5.10 Å². The molecule has 9 heteroatoms. The van der Waals surface area contributed by atoms with Crippen molar-refractivity contribution >= 4 is 29.1 Å². The molecule has 3 aliphatic rings. The molecule has 160 valence electrons. The molecule has 1 heterocycles. The van der Waals surface area contributed by atoms with Crippen LogP contribution < -0.4 is 21.9 Å². The van der Waals surface area contributed by atoms with Gasteiger partial charge in [-0.3, -0.25) is 14.4 Å². The third-order valence-electron chi connectivity index (χ3n) is 7.06. The summed E-state index contributed by atoms with van der Waals surface area (Å²) in [6.07, 6.45) is 4.16. The normalized spacial score (nSPS) is 28.2. The molecule has 1 aromatic heterocycles. The fraction of sp³-hybridized carbons (Fsp3) is 0.700. The number of nitrogens with two attached hydrogens (primary N) is 1. The van der Waals surface area contributed by atoms with E-state index >= 15 is 0 Å². The molecular formula is C20H30ClN5O3. The molecule has 3 fully saturated rings. The average molecular weight is 424 g/mol. The fourth-order valence-electron chi connectivity index (χ4n) is 4.97. The van der Waals surface area contributed by atoms with Crippen molar-refractivity contribution in [2.75, 3.05) is 5.32 Å². The summed E-state index contributed by atoms with van der Waals surface area (Å²) in [4.78, 5) is 35.9. The minimum Gasteiger partial charge on any atom is -0.379 e. The van der Waals surface area contributed by atoms with Crippen LogP contribution in [0.5, 0.6) is 0 Å². The second kappa shape index (κ2) is 7.97. The summed E-state index contributed by atoms with van der Waals surface area (Å²) < 4.78 is 0.988. The lowest BCUT2D eigenvalue weighted by Crippen LogP contribution is -2.58. The molecule has 4 N–H and O–H groups in total. The number of aromatic nitrogens is 2.